The first kappa shape index (κ1) is 23.1. The fraction of sp³-hybridized carbons (Fsp3) is 0.308. The fourth-order valence-corrected chi connectivity index (χ4v) is 4.99. The molecule has 174 valence electrons. The molecule has 0 radical (unpaired) electrons. The normalized spacial score (nSPS) is 15.2. The van der Waals surface area contributed by atoms with Crippen molar-refractivity contribution in [2.24, 2.45) is 0 Å². The predicted octanol–water partition coefficient (Wildman–Crippen LogP) is 4.55. The maximum atomic E-state index is 12.8. The molecule has 1 heterocycles. The molecule has 1 atom stereocenters. The first-order valence-electron chi connectivity index (χ1n) is 11.3. The van der Waals surface area contributed by atoms with E-state index in [1.165, 1.54) is 5.56 Å². The second-order valence-corrected chi connectivity index (χ2v) is 9.06. The van der Waals surface area contributed by atoms with Crippen molar-refractivity contribution in [1.29, 1.82) is 0 Å². The van der Waals surface area contributed by atoms with Gasteiger partial charge in [0.2, 0.25) is 0 Å². The van der Waals surface area contributed by atoms with E-state index in [2.05, 4.69) is 38.8 Å². The minimum Gasteiger partial charge on any atom is -0.495 e. The molecule has 1 N–H and O–H groups in total. The Kier molecular flexibility index (Phi) is 7.86. The Morgan fingerprint density at radius 2 is 1.55 bits per heavy atom. The number of nitrogens with one attached hydrogen (secondary N) is 1. The van der Waals surface area contributed by atoms with Crippen molar-refractivity contribution < 1.29 is 13.7 Å². The highest BCUT2D eigenvalue weighted by molar-refractivity contribution is 7.86. The molecular weight excluding hydrogens is 434 g/mol. The molecule has 1 unspecified atom stereocenters. The number of anilines is 2. The van der Waals surface area contributed by atoms with Crippen molar-refractivity contribution in [2.45, 2.75) is 18.4 Å². The van der Waals surface area contributed by atoms with Crippen LogP contribution in [0.2, 0.25) is 0 Å². The number of hydrogen-bond donors (Lipinski definition) is 1. The summed E-state index contributed by atoms with van der Waals surface area (Å²) in [5.74, 6) is 1.57. The van der Waals surface area contributed by atoms with E-state index in [0.29, 0.717) is 17.3 Å². The van der Waals surface area contributed by atoms with Crippen LogP contribution in [0.15, 0.2) is 77.7 Å². The summed E-state index contributed by atoms with van der Waals surface area (Å²) >= 11 is 0. The highest BCUT2D eigenvalue weighted by atomic mass is 32.2. The summed E-state index contributed by atoms with van der Waals surface area (Å²) in [5, 5.41) is 0. The molecule has 0 bridgehead atoms. The lowest BCUT2D eigenvalue weighted by molar-refractivity contribution is 0.249. The summed E-state index contributed by atoms with van der Waals surface area (Å²) in [7, 11) is 0.337. The summed E-state index contributed by atoms with van der Waals surface area (Å²) in [4.78, 5) is 5.50. The van der Waals surface area contributed by atoms with Crippen LogP contribution < -0.4 is 19.1 Å². The van der Waals surface area contributed by atoms with Gasteiger partial charge in [0.05, 0.1) is 19.4 Å². The Bertz CT molecular complexity index is 1070. The molecule has 3 aromatic carbocycles. The number of benzene rings is 3. The van der Waals surface area contributed by atoms with E-state index in [1.54, 1.807) is 7.11 Å². The average Bonchev–Trinajstić information content (AvgIpc) is 2.86. The van der Waals surface area contributed by atoms with Gasteiger partial charge in [-0.25, -0.2) is 4.21 Å². The number of rotatable bonds is 9. The summed E-state index contributed by atoms with van der Waals surface area (Å²) in [6.45, 7) is 7.29. The number of hydrogen-bond acceptors (Lipinski definition) is 5. The summed E-state index contributed by atoms with van der Waals surface area (Å²) in [6, 6.07) is 23.8. The Balaban J connectivity index is 1.31. The number of piperazine rings is 1. The first-order valence-corrected chi connectivity index (χ1v) is 12.4. The molecule has 1 aliphatic rings. The molecule has 3 aromatic rings. The van der Waals surface area contributed by atoms with E-state index < -0.39 is 11.0 Å². The predicted molar refractivity (Wildman–Crippen MR) is 135 cm³/mol. The summed E-state index contributed by atoms with van der Waals surface area (Å²) < 4.78 is 27.0. The second-order valence-electron chi connectivity index (χ2n) is 7.88. The summed E-state index contributed by atoms with van der Waals surface area (Å²) in [5.41, 5.74) is 3.23. The van der Waals surface area contributed by atoms with Gasteiger partial charge in [0, 0.05) is 38.4 Å². The highest BCUT2D eigenvalue weighted by Gasteiger charge is 2.19. The first-order chi connectivity index (χ1) is 16.2. The molecule has 0 spiro atoms. The van der Waals surface area contributed by atoms with Gasteiger partial charge in [-0.15, -0.1) is 0 Å². The zero-order valence-electron chi connectivity index (χ0n) is 19.2. The van der Waals surface area contributed by atoms with Crippen molar-refractivity contribution in [3.63, 3.8) is 0 Å². The van der Waals surface area contributed by atoms with Crippen LogP contribution in [0.5, 0.6) is 11.5 Å². The average molecular weight is 466 g/mol. The quantitative estimate of drug-likeness (QED) is 0.502. The second kappa shape index (κ2) is 11.2. The van der Waals surface area contributed by atoms with Crippen molar-refractivity contribution in [2.75, 3.05) is 49.5 Å². The van der Waals surface area contributed by atoms with E-state index in [9.17, 15) is 4.21 Å². The molecule has 6 nitrogen and oxygen atoms in total. The number of methoxy groups -OCH3 is 1. The Morgan fingerprint density at radius 3 is 2.24 bits per heavy atom. The largest absolute Gasteiger partial charge is 0.495 e. The third-order valence-electron chi connectivity index (χ3n) is 5.72. The van der Waals surface area contributed by atoms with Crippen LogP contribution in [-0.2, 0) is 17.5 Å². The van der Waals surface area contributed by atoms with E-state index in [0.717, 1.165) is 49.8 Å². The highest BCUT2D eigenvalue weighted by Crippen LogP contribution is 2.28. The van der Waals surface area contributed by atoms with Gasteiger partial charge in [0.1, 0.15) is 16.4 Å². The third-order valence-corrected chi connectivity index (χ3v) is 6.88. The van der Waals surface area contributed by atoms with Gasteiger partial charge in [0.15, 0.2) is 11.0 Å². The van der Waals surface area contributed by atoms with Crippen LogP contribution in [-0.4, -0.2) is 49.0 Å². The molecule has 1 fully saturated rings. The monoisotopic (exact) mass is 465 g/mol. The van der Waals surface area contributed by atoms with Gasteiger partial charge < -0.3 is 19.1 Å². The molecule has 7 heteroatoms. The van der Waals surface area contributed by atoms with E-state index >= 15 is 0 Å². The Morgan fingerprint density at radius 1 is 0.879 bits per heavy atom. The van der Waals surface area contributed by atoms with Gasteiger partial charge >= 0.3 is 0 Å². The molecule has 1 aliphatic heterocycles. The molecule has 0 aromatic heterocycles. The van der Waals surface area contributed by atoms with Gasteiger partial charge in [-0.2, -0.15) is 0 Å². The lowest BCUT2D eigenvalue weighted by Crippen LogP contribution is -2.46. The Labute approximate surface area is 198 Å². The van der Waals surface area contributed by atoms with Crippen LogP contribution in [0.4, 0.5) is 11.4 Å². The maximum Gasteiger partial charge on any atom is 0.154 e. The van der Waals surface area contributed by atoms with Crippen molar-refractivity contribution in [3.05, 3.63) is 78.4 Å². The van der Waals surface area contributed by atoms with E-state index in [4.69, 9.17) is 9.47 Å². The zero-order valence-corrected chi connectivity index (χ0v) is 20.0. The smallest absolute Gasteiger partial charge is 0.154 e. The zero-order chi connectivity index (χ0) is 23.0. The number of ether oxygens (including phenoxy) is 2. The minimum absolute atomic E-state index is 0.538. The lowest BCUT2D eigenvalue weighted by atomic mass is 10.1. The Hall–Kier alpha value is -3.03. The molecule has 0 aliphatic carbocycles. The van der Waals surface area contributed by atoms with Crippen molar-refractivity contribution >= 4 is 22.4 Å². The topological polar surface area (TPSA) is 54.0 Å². The van der Waals surface area contributed by atoms with Crippen LogP contribution in [0.1, 0.15) is 12.5 Å². The molecule has 0 saturated carbocycles. The fourth-order valence-electron chi connectivity index (χ4n) is 4.01. The third kappa shape index (κ3) is 5.86. The molecule has 0 amide bonds. The minimum atomic E-state index is -1.39. The van der Waals surface area contributed by atoms with Gasteiger partial charge in [-0.05, 0) is 48.9 Å². The van der Waals surface area contributed by atoms with Crippen LogP contribution in [0.3, 0.4) is 0 Å². The molecule has 1 saturated heterocycles. The SMILES string of the molecule is CCOc1ccccc1S(=O)Nc1ccc(CN2CCN(c3ccccc3OC)CC2)cc1. The maximum absolute atomic E-state index is 12.8. The lowest BCUT2D eigenvalue weighted by Gasteiger charge is -2.36. The van der Waals surface area contributed by atoms with E-state index in [1.807, 2.05) is 55.5 Å². The van der Waals surface area contributed by atoms with Gasteiger partial charge in [-0.3, -0.25) is 4.90 Å². The van der Waals surface area contributed by atoms with E-state index in [-0.39, 0.29) is 0 Å². The van der Waals surface area contributed by atoms with Gasteiger partial charge in [0.25, 0.3) is 0 Å². The van der Waals surface area contributed by atoms with Crippen LogP contribution in [0.25, 0.3) is 0 Å². The number of nitrogens with zero attached hydrogens (tertiary/aromatic N) is 2. The van der Waals surface area contributed by atoms with Crippen molar-refractivity contribution in [1.82, 2.24) is 4.90 Å². The van der Waals surface area contributed by atoms with Crippen molar-refractivity contribution in [3.8, 4) is 11.5 Å². The molecule has 33 heavy (non-hydrogen) atoms. The molecular formula is C26H31N3O3S. The summed E-state index contributed by atoms with van der Waals surface area (Å²) in [6.07, 6.45) is 0. The van der Waals surface area contributed by atoms with Crippen LogP contribution >= 0.6 is 0 Å². The van der Waals surface area contributed by atoms with Gasteiger partial charge in [-0.1, -0.05) is 36.4 Å². The molecule has 4 rings (SSSR count). The number of para-hydroxylation sites is 3. The standard InChI is InChI=1S/C26H31N3O3S/c1-3-32-25-10-6-7-11-26(25)33(30)27-22-14-12-21(13-15-22)20-28-16-18-29(19-17-28)23-8-4-5-9-24(23)31-2/h4-15,27H,3,16-20H2,1-2H3. The van der Waals surface area contributed by atoms with Crippen LogP contribution in [0, 0.1) is 0 Å².